The van der Waals surface area contributed by atoms with Gasteiger partial charge in [0.1, 0.15) is 5.52 Å². The van der Waals surface area contributed by atoms with Gasteiger partial charge in [0.2, 0.25) is 0 Å². The summed E-state index contributed by atoms with van der Waals surface area (Å²) in [6.07, 6.45) is 0. The van der Waals surface area contributed by atoms with E-state index in [0.717, 1.165) is 11.3 Å². The topological polar surface area (TPSA) is 72.6 Å². The highest BCUT2D eigenvalue weighted by Gasteiger charge is 2.21. The number of ether oxygens (including phenoxy) is 1. The van der Waals surface area contributed by atoms with Gasteiger partial charge in [0.15, 0.2) is 12.4 Å². The van der Waals surface area contributed by atoms with E-state index in [2.05, 4.69) is 5.16 Å². The summed E-state index contributed by atoms with van der Waals surface area (Å²) in [5.74, 6) is -0.283. The van der Waals surface area contributed by atoms with E-state index in [1.165, 1.54) is 0 Å². The molecule has 0 aliphatic carbocycles. The molecular formula is C25H22N2O4. The van der Waals surface area contributed by atoms with Crippen molar-refractivity contribution in [3.05, 3.63) is 84.4 Å². The lowest BCUT2D eigenvalue weighted by molar-refractivity contribution is -0.122. The number of aromatic nitrogens is 1. The lowest BCUT2D eigenvalue weighted by Gasteiger charge is -2.26. The van der Waals surface area contributed by atoms with Crippen molar-refractivity contribution >= 4 is 28.5 Å². The van der Waals surface area contributed by atoms with Gasteiger partial charge in [-0.25, -0.2) is 4.79 Å². The minimum atomic E-state index is -0.577. The molecule has 4 aromatic rings. The lowest BCUT2D eigenvalue weighted by atomic mass is 10.1. The predicted octanol–water partition coefficient (Wildman–Crippen LogP) is 5.09. The van der Waals surface area contributed by atoms with Gasteiger partial charge in [-0.3, -0.25) is 4.79 Å². The molecule has 0 N–H and O–H groups in total. The molecule has 1 heterocycles. The first-order valence-electron chi connectivity index (χ1n) is 10.0. The maximum atomic E-state index is 12.8. The van der Waals surface area contributed by atoms with Crippen LogP contribution in [0.5, 0.6) is 0 Å². The van der Waals surface area contributed by atoms with Crippen LogP contribution in [0.1, 0.15) is 24.2 Å². The smallest absolute Gasteiger partial charge is 0.338 e. The average molecular weight is 414 g/mol. The fourth-order valence-electron chi connectivity index (χ4n) is 3.47. The molecule has 156 valence electrons. The third-order valence-electron chi connectivity index (χ3n) is 4.89. The van der Waals surface area contributed by atoms with Gasteiger partial charge in [0, 0.05) is 17.3 Å². The Morgan fingerprint density at radius 1 is 0.968 bits per heavy atom. The van der Waals surface area contributed by atoms with Crippen LogP contribution >= 0.6 is 0 Å². The second-order valence-corrected chi connectivity index (χ2v) is 7.38. The van der Waals surface area contributed by atoms with Crippen molar-refractivity contribution < 1.29 is 18.8 Å². The van der Waals surface area contributed by atoms with Crippen molar-refractivity contribution in [1.29, 1.82) is 0 Å². The summed E-state index contributed by atoms with van der Waals surface area (Å²) in [4.78, 5) is 27.0. The number of amides is 1. The van der Waals surface area contributed by atoms with Crippen LogP contribution in [0.4, 0.5) is 5.69 Å². The maximum absolute atomic E-state index is 12.8. The summed E-state index contributed by atoms with van der Waals surface area (Å²) in [5, 5.41) is 4.77. The molecule has 4 rings (SSSR count). The van der Waals surface area contributed by atoms with E-state index in [1.807, 2.05) is 74.5 Å². The van der Waals surface area contributed by atoms with Crippen LogP contribution in [0.15, 0.2) is 83.4 Å². The molecule has 1 aromatic heterocycles. The molecule has 0 atom stereocenters. The summed E-state index contributed by atoms with van der Waals surface area (Å²) < 4.78 is 10.8. The number of esters is 1. The number of hydrogen-bond donors (Lipinski definition) is 0. The molecule has 6 heteroatoms. The Morgan fingerprint density at radius 3 is 2.32 bits per heavy atom. The number of nitrogens with zero attached hydrogens (tertiary/aromatic N) is 2. The quantitative estimate of drug-likeness (QED) is 0.411. The van der Waals surface area contributed by atoms with Gasteiger partial charge in [-0.1, -0.05) is 53.7 Å². The first-order chi connectivity index (χ1) is 15.0. The molecule has 6 nitrogen and oxygen atoms in total. The number of rotatable bonds is 6. The average Bonchev–Trinajstić information content (AvgIpc) is 3.22. The molecule has 0 radical (unpaired) electrons. The maximum Gasteiger partial charge on any atom is 0.338 e. The zero-order valence-electron chi connectivity index (χ0n) is 17.3. The molecule has 0 aliphatic rings. The van der Waals surface area contributed by atoms with Crippen LogP contribution in [0, 0.1) is 0 Å². The number of fused-ring (bicyclic) bond motifs is 1. The normalized spacial score (nSPS) is 10.9. The Kier molecular flexibility index (Phi) is 5.80. The minimum Gasteiger partial charge on any atom is -0.452 e. The number of para-hydroxylation sites is 1. The lowest BCUT2D eigenvalue weighted by Crippen LogP contribution is -2.39. The van der Waals surface area contributed by atoms with Crippen LogP contribution in [0.2, 0.25) is 0 Å². The summed E-state index contributed by atoms with van der Waals surface area (Å²) in [7, 11) is 0. The van der Waals surface area contributed by atoms with Gasteiger partial charge in [-0.05, 0) is 44.2 Å². The molecule has 3 aromatic carbocycles. The Hall–Kier alpha value is -3.93. The van der Waals surface area contributed by atoms with E-state index < -0.39 is 5.97 Å². The number of anilines is 1. The Balaban J connectivity index is 1.51. The molecule has 0 fully saturated rings. The second-order valence-electron chi connectivity index (χ2n) is 7.38. The predicted molar refractivity (Wildman–Crippen MR) is 119 cm³/mol. The van der Waals surface area contributed by atoms with Crippen molar-refractivity contribution in [2.75, 3.05) is 11.5 Å². The first kappa shape index (κ1) is 20.3. The highest BCUT2D eigenvalue weighted by atomic mass is 16.5. The Labute approximate surface area is 180 Å². The van der Waals surface area contributed by atoms with Crippen LogP contribution in [0.3, 0.4) is 0 Å². The molecular weight excluding hydrogens is 392 g/mol. The number of carbonyl (C=O) groups excluding carboxylic acids is 2. The van der Waals surface area contributed by atoms with E-state index in [0.29, 0.717) is 22.2 Å². The summed E-state index contributed by atoms with van der Waals surface area (Å²) in [6, 6.07) is 23.8. The monoisotopic (exact) mass is 414 g/mol. The molecule has 0 bridgehead atoms. The number of carbonyl (C=O) groups is 2. The summed E-state index contributed by atoms with van der Waals surface area (Å²) >= 11 is 0. The first-order valence-corrected chi connectivity index (χ1v) is 10.0. The fraction of sp³-hybridized carbons (Fsp3) is 0.160. The molecule has 1 amide bonds. The number of benzene rings is 3. The van der Waals surface area contributed by atoms with Gasteiger partial charge in [-0.2, -0.15) is 0 Å². The van der Waals surface area contributed by atoms with E-state index in [9.17, 15) is 9.59 Å². The Morgan fingerprint density at radius 2 is 1.65 bits per heavy atom. The van der Waals surface area contributed by atoms with Crippen molar-refractivity contribution in [1.82, 2.24) is 5.16 Å². The second kappa shape index (κ2) is 8.83. The zero-order valence-corrected chi connectivity index (χ0v) is 17.3. The third kappa shape index (κ3) is 4.33. The minimum absolute atomic E-state index is 0.0737. The van der Waals surface area contributed by atoms with E-state index >= 15 is 0 Å². The fourth-order valence-corrected chi connectivity index (χ4v) is 3.47. The van der Waals surface area contributed by atoms with Crippen LogP contribution in [0.25, 0.3) is 22.2 Å². The molecule has 31 heavy (non-hydrogen) atoms. The van der Waals surface area contributed by atoms with E-state index in [4.69, 9.17) is 9.26 Å². The zero-order chi connectivity index (χ0) is 21.8. The molecule has 0 spiro atoms. The van der Waals surface area contributed by atoms with Crippen LogP contribution in [-0.4, -0.2) is 29.7 Å². The van der Waals surface area contributed by atoms with E-state index in [1.54, 1.807) is 23.1 Å². The van der Waals surface area contributed by atoms with Crippen molar-refractivity contribution in [2.24, 2.45) is 0 Å². The van der Waals surface area contributed by atoms with Crippen LogP contribution in [-0.2, 0) is 9.53 Å². The highest BCUT2D eigenvalue weighted by molar-refractivity contribution is 6.00. The van der Waals surface area contributed by atoms with Gasteiger partial charge in [-0.15, -0.1) is 0 Å². The van der Waals surface area contributed by atoms with Crippen molar-refractivity contribution in [2.45, 2.75) is 19.9 Å². The number of hydrogen-bond acceptors (Lipinski definition) is 5. The van der Waals surface area contributed by atoms with Crippen molar-refractivity contribution in [3.8, 4) is 11.3 Å². The summed E-state index contributed by atoms with van der Waals surface area (Å²) in [5.41, 5.74) is 2.59. The highest BCUT2D eigenvalue weighted by Crippen LogP contribution is 2.29. The van der Waals surface area contributed by atoms with Gasteiger partial charge in [0.05, 0.1) is 10.9 Å². The largest absolute Gasteiger partial charge is 0.452 e. The standard InChI is InChI=1S/C25H22N2O4/c1-17(2)27(20-11-7-4-8-12-20)23(28)16-30-25(29)19-13-14-22-21(15-19)24(31-26-22)18-9-5-3-6-10-18/h3-15,17H,16H2,1-2H3. The van der Waals surface area contributed by atoms with Crippen molar-refractivity contribution in [3.63, 3.8) is 0 Å². The Bertz CT molecular complexity index is 1200. The summed E-state index contributed by atoms with van der Waals surface area (Å²) in [6.45, 7) is 3.48. The molecule has 0 aliphatic heterocycles. The van der Waals surface area contributed by atoms with Gasteiger partial charge < -0.3 is 14.2 Å². The van der Waals surface area contributed by atoms with Gasteiger partial charge in [0.25, 0.3) is 5.91 Å². The molecule has 0 saturated carbocycles. The van der Waals surface area contributed by atoms with Crippen LogP contribution < -0.4 is 4.90 Å². The van der Waals surface area contributed by atoms with Gasteiger partial charge >= 0.3 is 5.97 Å². The molecule has 0 unspecified atom stereocenters. The molecule has 0 saturated heterocycles. The SMILES string of the molecule is CC(C)N(C(=O)COC(=O)c1ccc2noc(-c3ccccc3)c2c1)c1ccccc1. The van der Waals surface area contributed by atoms with E-state index in [-0.39, 0.29) is 18.6 Å². The third-order valence-corrected chi connectivity index (χ3v) is 4.89.